The van der Waals surface area contributed by atoms with Gasteiger partial charge in [-0.15, -0.1) is 0 Å². The topological polar surface area (TPSA) is 82.1 Å². The minimum Gasteiger partial charge on any atom is -0.458 e. The van der Waals surface area contributed by atoms with Crippen LogP contribution in [0.3, 0.4) is 0 Å². The van der Waals surface area contributed by atoms with Gasteiger partial charge in [0.25, 0.3) is 0 Å². The molecule has 27 heavy (non-hydrogen) atoms. The first-order valence-corrected chi connectivity index (χ1v) is 11.4. The molecule has 8 unspecified atom stereocenters. The molecule has 0 radical (unpaired) electrons. The zero-order valence-electron chi connectivity index (χ0n) is 15.9. The van der Waals surface area contributed by atoms with Gasteiger partial charge in [-0.25, -0.2) is 0 Å². The van der Waals surface area contributed by atoms with E-state index in [1.807, 2.05) is 13.8 Å². The van der Waals surface area contributed by atoms with E-state index < -0.39 is 15.8 Å². The molecule has 152 valence electrons. The van der Waals surface area contributed by atoms with Crippen LogP contribution in [-0.4, -0.2) is 45.1 Å². The maximum absolute atomic E-state index is 12.6. The van der Waals surface area contributed by atoms with Gasteiger partial charge >= 0.3 is 11.9 Å². The number of aliphatic hydroxyl groups excluding tert-OH is 1. The lowest BCUT2D eigenvalue weighted by atomic mass is 9.78. The van der Waals surface area contributed by atoms with Crippen LogP contribution in [0.4, 0.5) is 0 Å². The summed E-state index contributed by atoms with van der Waals surface area (Å²) in [5.41, 5.74) is 0. The van der Waals surface area contributed by atoms with Crippen molar-refractivity contribution in [3.63, 3.8) is 0 Å². The third-order valence-corrected chi connectivity index (χ3v) is 8.36. The van der Waals surface area contributed by atoms with Gasteiger partial charge in [0.2, 0.25) is 0 Å². The summed E-state index contributed by atoms with van der Waals surface area (Å²) in [7, 11) is 0. The SMILES string of the molecule is CCC(C)(I)C(=O)OC1C2CC3C1OC(=O)C3C2C(O)OC1CCCCC1. The first-order valence-electron chi connectivity index (χ1n) is 10.3. The molecule has 0 amide bonds. The molecule has 0 spiro atoms. The van der Waals surface area contributed by atoms with Gasteiger partial charge in [-0.3, -0.25) is 9.59 Å². The zero-order chi connectivity index (χ0) is 19.3. The third kappa shape index (κ3) is 3.41. The number of hydrogen-bond donors (Lipinski definition) is 1. The number of alkyl halides is 1. The number of aliphatic hydroxyl groups is 1. The van der Waals surface area contributed by atoms with Crippen molar-refractivity contribution in [2.45, 2.75) is 86.8 Å². The minimum absolute atomic E-state index is 0.0250. The molecule has 1 heterocycles. The monoisotopic (exact) mass is 492 g/mol. The number of fused-ring (bicyclic) bond motifs is 1. The summed E-state index contributed by atoms with van der Waals surface area (Å²) in [6.07, 6.45) is 4.99. The number of halogens is 1. The maximum atomic E-state index is 12.6. The van der Waals surface area contributed by atoms with E-state index in [0.29, 0.717) is 6.42 Å². The second-order valence-corrected chi connectivity index (χ2v) is 11.2. The van der Waals surface area contributed by atoms with Crippen LogP contribution in [0.2, 0.25) is 0 Å². The highest BCUT2D eigenvalue weighted by Crippen LogP contribution is 2.60. The van der Waals surface area contributed by atoms with E-state index in [4.69, 9.17) is 14.2 Å². The molecular formula is C20H29IO6. The van der Waals surface area contributed by atoms with Gasteiger partial charge in [0, 0.05) is 17.8 Å². The number of hydrogen-bond acceptors (Lipinski definition) is 6. The summed E-state index contributed by atoms with van der Waals surface area (Å²) in [6.45, 7) is 3.80. The summed E-state index contributed by atoms with van der Waals surface area (Å²) >= 11 is 2.11. The van der Waals surface area contributed by atoms with E-state index in [-0.39, 0.29) is 47.8 Å². The minimum atomic E-state index is -1.00. The predicted octanol–water partition coefficient (Wildman–Crippen LogP) is 2.98. The quantitative estimate of drug-likeness (QED) is 0.266. The Labute approximate surface area is 173 Å². The average Bonchev–Trinajstić information content (AvgIpc) is 3.26. The predicted molar refractivity (Wildman–Crippen MR) is 105 cm³/mol. The van der Waals surface area contributed by atoms with Crippen LogP contribution in [0.25, 0.3) is 0 Å². The molecule has 1 saturated heterocycles. The Bertz CT molecular complexity index is 601. The van der Waals surface area contributed by atoms with Crippen molar-refractivity contribution in [3.05, 3.63) is 0 Å². The van der Waals surface area contributed by atoms with Crippen molar-refractivity contribution >= 4 is 34.5 Å². The molecule has 0 aromatic heterocycles. The highest BCUT2D eigenvalue weighted by atomic mass is 127. The van der Waals surface area contributed by atoms with E-state index in [2.05, 4.69) is 22.6 Å². The zero-order valence-corrected chi connectivity index (χ0v) is 18.1. The second kappa shape index (κ2) is 7.44. The van der Waals surface area contributed by atoms with Crippen molar-refractivity contribution < 1.29 is 28.9 Å². The van der Waals surface area contributed by atoms with Crippen LogP contribution in [0.5, 0.6) is 0 Å². The summed E-state index contributed by atoms with van der Waals surface area (Å²) in [4.78, 5) is 25.1. The first kappa shape index (κ1) is 19.9. The molecule has 4 rings (SSSR count). The van der Waals surface area contributed by atoms with Gasteiger partial charge in [-0.1, -0.05) is 48.8 Å². The second-order valence-electron chi connectivity index (χ2n) is 8.78. The molecule has 3 aliphatic carbocycles. The van der Waals surface area contributed by atoms with Crippen LogP contribution < -0.4 is 0 Å². The molecule has 8 atom stereocenters. The normalized spacial score (nSPS) is 41.3. The number of carbonyl (C=O) groups excluding carboxylic acids is 2. The van der Waals surface area contributed by atoms with Crippen LogP contribution in [0.15, 0.2) is 0 Å². The average molecular weight is 492 g/mol. The fraction of sp³-hybridized carbons (Fsp3) is 0.900. The van der Waals surface area contributed by atoms with Crippen molar-refractivity contribution in [1.29, 1.82) is 0 Å². The fourth-order valence-electron chi connectivity index (χ4n) is 5.47. The number of rotatable bonds is 6. The Morgan fingerprint density at radius 1 is 1.33 bits per heavy atom. The van der Waals surface area contributed by atoms with Crippen LogP contribution >= 0.6 is 22.6 Å². The van der Waals surface area contributed by atoms with Crippen molar-refractivity contribution in [3.8, 4) is 0 Å². The van der Waals surface area contributed by atoms with Crippen molar-refractivity contribution in [2.75, 3.05) is 0 Å². The molecule has 1 N–H and O–H groups in total. The smallest absolute Gasteiger partial charge is 0.322 e. The van der Waals surface area contributed by atoms with E-state index in [0.717, 1.165) is 32.1 Å². The molecule has 4 fully saturated rings. The Morgan fingerprint density at radius 3 is 2.70 bits per heavy atom. The Kier molecular flexibility index (Phi) is 5.48. The summed E-state index contributed by atoms with van der Waals surface area (Å²) in [6, 6.07) is 0. The molecular weight excluding hydrogens is 463 g/mol. The fourth-order valence-corrected chi connectivity index (χ4v) is 5.60. The van der Waals surface area contributed by atoms with Gasteiger partial charge in [-0.05, 0) is 32.6 Å². The van der Waals surface area contributed by atoms with Gasteiger partial charge in [0.15, 0.2) is 6.29 Å². The van der Waals surface area contributed by atoms with Gasteiger partial charge in [-0.2, -0.15) is 0 Å². The summed E-state index contributed by atoms with van der Waals surface area (Å²) in [5.74, 6) is -1.27. The third-order valence-electron chi connectivity index (χ3n) is 7.15. The van der Waals surface area contributed by atoms with Crippen LogP contribution in [-0.2, 0) is 23.8 Å². The van der Waals surface area contributed by atoms with Gasteiger partial charge < -0.3 is 19.3 Å². The first-order chi connectivity index (χ1) is 12.8. The summed E-state index contributed by atoms with van der Waals surface area (Å²) in [5, 5.41) is 10.8. The lowest BCUT2D eigenvalue weighted by Crippen LogP contribution is -2.47. The summed E-state index contributed by atoms with van der Waals surface area (Å²) < 4.78 is 16.8. The largest absolute Gasteiger partial charge is 0.458 e. The lowest BCUT2D eigenvalue weighted by Gasteiger charge is -2.36. The molecule has 3 saturated carbocycles. The van der Waals surface area contributed by atoms with Gasteiger partial charge in [0.05, 0.1) is 12.0 Å². The highest BCUT2D eigenvalue weighted by molar-refractivity contribution is 14.1. The standard InChI is InChI=1S/C20H29IO6/c1-3-20(2,21)19(24)27-16-12-9-11-14(18(23)26-15(11)16)13(12)17(22)25-10-7-5-4-6-8-10/h10-17,22H,3-9H2,1-2H3. The Balaban J connectivity index is 1.49. The lowest BCUT2D eigenvalue weighted by molar-refractivity contribution is -0.200. The van der Waals surface area contributed by atoms with Crippen LogP contribution in [0, 0.1) is 23.7 Å². The molecule has 0 aromatic carbocycles. The van der Waals surface area contributed by atoms with Gasteiger partial charge in [0.1, 0.15) is 15.6 Å². The number of ether oxygens (including phenoxy) is 3. The molecule has 6 nitrogen and oxygen atoms in total. The van der Waals surface area contributed by atoms with E-state index in [9.17, 15) is 14.7 Å². The van der Waals surface area contributed by atoms with Crippen molar-refractivity contribution in [1.82, 2.24) is 0 Å². The molecule has 1 aliphatic heterocycles. The maximum Gasteiger partial charge on any atom is 0.322 e. The number of esters is 2. The highest BCUT2D eigenvalue weighted by Gasteiger charge is 2.69. The Hall–Kier alpha value is -0.410. The molecule has 4 aliphatic rings. The Morgan fingerprint density at radius 2 is 2.04 bits per heavy atom. The van der Waals surface area contributed by atoms with E-state index in [1.165, 1.54) is 6.42 Å². The van der Waals surface area contributed by atoms with Crippen molar-refractivity contribution in [2.24, 2.45) is 23.7 Å². The van der Waals surface area contributed by atoms with E-state index >= 15 is 0 Å². The number of carbonyl (C=O) groups is 2. The molecule has 0 aromatic rings. The molecule has 2 bridgehead atoms. The van der Waals surface area contributed by atoms with E-state index in [1.54, 1.807) is 0 Å². The van der Waals surface area contributed by atoms with Crippen LogP contribution in [0.1, 0.15) is 58.8 Å². The molecule has 7 heteroatoms.